The largest absolute Gasteiger partial charge is 0.341 e. The van der Waals surface area contributed by atoms with Crippen LogP contribution in [0.1, 0.15) is 23.2 Å². The zero-order valence-electron chi connectivity index (χ0n) is 8.61. The molecule has 0 bridgehead atoms. The fourth-order valence-corrected chi connectivity index (χ4v) is 1.29. The van der Waals surface area contributed by atoms with Gasteiger partial charge in [-0.05, 0) is 18.6 Å². The predicted molar refractivity (Wildman–Crippen MR) is 63.0 cm³/mol. The van der Waals surface area contributed by atoms with E-state index in [4.69, 9.17) is 0 Å². The standard InChI is InChI=1S/C11H12BrNO3/c12-8-4-7-10(14)16-13-11(15)9-5-2-1-3-6-9/h1-3,5-6H,4,7-8H2,(H,13,15). The summed E-state index contributed by atoms with van der Waals surface area (Å²) in [6.45, 7) is 0. The first-order valence-electron chi connectivity index (χ1n) is 4.85. The lowest BCUT2D eigenvalue weighted by molar-refractivity contribution is -0.149. The molecule has 0 unspecified atom stereocenters. The minimum atomic E-state index is -0.441. The number of carbonyl (C=O) groups is 2. The Hall–Kier alpha value is -1.36. The van der Waals surface area contributed by atoms with Crippen LogP contribution in [-0.2, 0) is 9.63 Å². The van der Waals surface area contributed by atoms with E-state index in [0.29, 0.717) is 12.0 Å². The number of benzene rings is 1. The van der Waals surface area contributed by atoms with Crippen LogP contribution in [0.2, 0.25) is 0 Å². The summed E-state index contributed by atoms with van der Waals surface area (Å²) in [5.74, 6) is -0.864. The van der Waals surface area contributed by atoms with E-state index in [0.717, 1.165) is 5.33 Å². The minimum Gasteiger partial charge on any atom is -0.341 e. The molecule has 4 nitrogen and oxygen atoms in total. The normalized spacial score (nSPS) is 9.56. The summed E-state index contributed by atoms with van der Waals surface area (Å²) in [6, 6.07) is 8.56. The molecule has 0 aromatic heterocycles. The highest BCUT2D eigenvalue weighted by molar-refractivity contribution is 9.09. The second kappa shape index (κ2) is 7.00. The van der Waals surface area contributed by atoms with Crippen LogP contribution in [0.15, 0.2) is 30.3 Å². The van der Waals surface area contributed by atoms with E-state index >= 15 is 0 Å². The van der Waals surface area contributed by atoms with Crippen LogP contribution in [0.4, 0.5) is 0 Å². The van der Waals surface area contributed by atoms with Crippen molar-refractivity contribution in [2.75, 3.05) is 5.33 Å². The van der Waals surface area contributed by atoms with Gasteiger partial charge >= 0.3 is 5.97 Å². The van der Waals surface area contributed by atoms with Crippen molar-refractivity contribution in [1.82, 2.24) is 5.48 Å². The van der Waals surface area contributed by atoms with E-state index in [1.54, 1.807) is 30.3 Å². The SMILES string of the molecule is O=C(CCCBr)ONC(=O)c1ccccc1. The molecule has 5 heteroatoms. The summed E-state index contributed by atoms with van der Waals surface area (Å²) >= 11 is 3.20. The number of carbonyl (C=O) groups excluding carboxylic acids is 2. The van der Waals surface area contributed by atoms with Gasteiger partial charge in [0.25, 0.3) is 5.91 Å². The zero-order chi connectivity index (χ0) is 11.8. The van der Waals surface area contributed by atoms with Crippen molar-refractivity contribution in [1.29, 1.82) is 0 Å². The van der Waals surface area contributed by atoms with Crippen molar-refractivity contribution in [3.8, 4) is 0 Å². The molecule has 0 fully saturated rings. The Bertz CT molecular complexity index is 354. The molecule has 0 atom stereocenters. The molecule has 0 radical (unpaired) electrons. The van der Waals surface area contributed by atoms with Gasteiger partial charge in [-0.2, -0.15) is 5.48 Å². The second-order valence-electron chi connectivity index (χ2n) is 3.06. The Kier molecular flexibility index (Phi) is 5.56. The Morgan fingerprint density at radius 3 is 2.56 bits per heavy atom. The zero-order valence-corrected chi connectivity index (χ0v) is 10.2. The van der Waals surface area contributed by atoms with Crippen LogP contribution in [0.3, 0.4) is 0 Å². The third-order valence-electron chi connectivity index (χ3n) is 1.81. The fraction of sp³-hybridized carbons (Fsp3) is 0.273. The van der Waals surface area contributed by atoms with E-state index in [2.05, 4.69) is 26.2 Å². The monoisotopic (exact) mass is 285 g/mol. The maximum Gasteiger partial charge on any atom is 0.332 e. The topological polar surface area (TPSA) is 55.4 Å². The molecule has 1 aromatic rings. The van der Waals surface area contributed by atoms with Crippen molar-refractivity contribution in [3.63, 3.8) is 0 Å². The van der Waals surface area contributed by atoms with Crippen molar-refractivity contribution < 1.29 is 14.4 Å². The predicted octanol–water partition coefficient (Wildman–Crippen LogP) is 2.05. The third-order valence-corrected chi connectivity index (χ3v) is 2.37. The lowest BCUT2D eigenvalue weighted by Gasteiger charge is -2.04. The summed E-state index contributed by atoms with van der Waals surface area (Å²) in [4.78, 5) is 27.1. The number of hydroxylamine groups is 1. The summed E-state index contributed by atoms with van der Waals surface area (Å²) in [5, 5.41) is 0.731. The van der Waals surface area contributed by atoms with Crippen LogP contribution < -0.4 is 5.48 Å². The van der Waals surface area contributed by atoms with Gasteiger partial charge in [-0.15, -0.1) is 0 Å². The number of amides is 1. The molecule has 16 heavy (non-hydrogen) atoms. The highest BCUT2D eigenvalue weighted by Gasteiger charge is 2.07. The van der Waals surface area contributed by atoms with E-state index in [1.165, 1.54) is 0 Å². The molecular formula is C11H12BrNO3. The fourth-order valence-electron chi connectivity index (χ4n) is 1.01. The molecule has 0 aliphatic heterocycles. The van der Waals surface area contributed by atoms with E-state index in [-0.39, 0.29) is 6.42 Å². The average molecular weight is 286 g/mol. The molecule has 1 amide bonds. The van der Waals surface area contributed by atoms with Gasteiger partial charge in [0.15, 0.2) is 0 Å². The molecule has 1 rings (SSSR count). The average Bonchev–Trinajstić information content (AvgIpc) is 2.34. The Balaban J connectivity index is 2.33. The maximum absolute atomic E-state index is 11.4. The molecule has 0 saturated carbocycles. The van der Waals surface area contributed by atoms with Crippen molar-refractivity contribution in [2.45, 2.75) is 12.8 Å². The number of alkyl halides is 1. The number of halogens is 1. The number of nitrogens with one attached hydrogen (secondary N) is 1. The number of hydrogen-bond acceptors (Lipinski definition) is 3. The molecule has 0 saturated heterocycles. The molecular weight excluding hydrogens is 274 g/mol. The highest BCUT2D eigenvalue weighted by Crippen LogP contribution is 1.99. The summed E-state index contributed by atoms with van der Waals surface area (Å²) < 4.78 is 0. The molecule has 0 aliphatic carbocycles. The minimum absolute atomic E-state index is 0.278. The van der Waals surface area contributed by atoms with Crippen molar-refractivity contribution in [3.05, 3.63) is 35.9 Å². The van der Waals surface area contributed by atoms with E-state index in [1.807, 2.05) is 0 Å². The van der Waals surface area contributed by atoms with Gasteiger partial charge in [-0.3, -0.25) is 4.79 Å². The third kappa shape index (κ3) is 4.44. The lowest BCUT2D eigenvalue weighted by atomic mass is 10.2. The Labute approximate surface area is 102 Å². The molecule has 1 N–H and O–H groups in total. The van der Waals surface area contributed by atoms with E-state index in [9.17, 15) is 9.59 Å². The maximum atomic E-state index is 11.4. The van der Waals surface area contributed by atoms with Crippen molar-refractivity contribution in [2.24, 2.45) is 0 Å². The van der Waals surface area contributed by atoms with Gasteiger partial charge in [0.2, 0.25) is 0 Å². The van der Waals surface area contributed by atoms with Crippen molar-refractivity contribution >= 4 is 27.8 Å². The van der Waals surface area contributed by atoms with Gasteiger partial charge in [-0.1, -0.05) is 34.1 Å². The summed E-state index contributed by atoms with van der Waals surface area (Å²) in [6.07, 6.45) is 0.959. The molecule has 0 spiro atoms. The number of hydrogen-bond donors (Lipinski definition) is 1. The van der Waals surface area contributed by atoms with Crippen LogP contribution in [0, 0.1) is 0 Å². The van der Waals surface area contributed by atoms with Gasteiger partial charge < -0.3 is 4.84 Å². The molecule has 0 aliphatic rings. The molecule has 0 heterocycles. The van der Waals surface area contributed by atoms with Crippen LogP contribution in [0.5, 0.6) is 0 Å². The van der Waals surface area contributed by atoms with Crippen LogP contribution in [-0.4, -0.2) is 17.2 Å². The first kappa shape index (κ1) is 12.7. The van der Waals surface area contributed by atoms with Crippen LogP contribution >= 0.6 is 15.9 Å². The second-order valence-corrected chi connectivity index (χ2v) is 3.86. The summed E-state index contributed by atoms with van der Waals surface area (Å²) in [7, 11) is 0. The first-order chi connectivity index (χ1) is 7.74. The summed E-state index contributed by atoms with van der Waals surface area (Å²) in [5.41, 5.74) is 2.56. The Morgan fingerprint density at radius 1 is 1.25 bits per heavy atom. The Morgan fingerprint density at radius 2 is 1.94 bits per heavy atom. The first-order valence-corrected chi connectivity index (χ1v) is 5.97. The quantitative estimate of drug-likeness (QED) is 0.680. The number of rotatable bonds is 4. The van der Waals surface area contributed by atoms with Crippen LogP contribution in [0.25, 0.3) is 0 Å². The smallest absolute Gasteiger partial charge is 0.332 e. The van der Waals surface area contributed by atoms with Gasteiger partial charge in [0.1, 0.15) is 0 Å². The molecule has 1 aromatic carbocycles. The lowest BCUT2D eigenvalue weighted by Crippen LogP contribution is -2.26. The van der Waals surface area contributed by atoms with Gasteiger partial charge in [-0.25, -0.2) is 4.79 Å². The highest BCUT2D eigenvalue weighted by atomic mass is 79.9. The van der Waals surface area contributed by atoms with E-state index < -0.39 is 11.9 Å². The van der Waals surface area contributed by atoms with Gasteiger partial charge in [0.05, 0.1) is 0 Å². The van der Waals surface area contributed by atoms with Gasteiger partial charge in [0, 0.05) is 17.3 Å². The molecule has 86 valence electrons.